The summed E-state index contributed by atoms with van der Waals surface area (Å²) >= 11 is 0. The number of alkyl halides is 3. The van der Waals surface area contributed by atoms with Gasteiger partial charge in [-0.05, 0) is 18.6 Å². The van der Waals surface area contributed by atoms with E-state index in [9.17, 15) is 18.3 Å². The maximum Gasteiger partial charge on any atom is 0.573 e. The van der Waals surface area contributed by atoms with Crippen LogP contribution in [0.4, 0.5) is 18.9 Å². The molecule has 110 valence electrons. The summed E-state index contributed by atoms with van der Waals surface area (Å²) in [5, 5.41) is 15.8. The van der Waals surface area contributed by atoms with E-state index in [1.807, 2.05) is 0 Å². The third-order valence-electron chi connectivity index (χ3n) is 2.89. The van der Waals surface area contributed by atoms with Crippen molar-refractivity contribution in [3.8, 4) is 5.75 Å². The fourth-order valence-corrected chi connectivity index (χ4v) is 2.01. The number of halogens is 3. The molecule has 0 spiro atoms. The van der Waals surface area contributed by atoms with Crippen molar-refractivity contribution in [1.82, 2.24) is 5.32 Å². The normalized spacial score (nSPS) is 20.8. The zero-order valence-electron chi connectivity index (χ0n) is 10.6. The number of benzene rings is 1. The van der Waals surface area contributed by atoms with E-state index < -0.39 is 12.6 Å². The quantitative estimate of drug-likeness (QED) is 0.587. The maximum absolute atomic E-state index is 12.1. The molecule has 0 saturated carbocycles. The van der Waals surface area contributed by atoms with E-state index in [1.54, 1.807) is 6.07 Å². The van der Waals surface area contributed by atoms with Crippen LogP contribution >= 0.6 is 0 Å². The van der Waals surface area contributed by atoms with Crippen molar-refractivity contribution in [2.75, 3.05) is 11.9 Å². The highest BCUT2D eigenvalue weighted by atomic mass is 19.4. The van der Waals surface area contributed by atoms with Crippen molar-refractivity contribution in [3.63, 3.8) is 0 Å². The lowest BCUT2D eigenvalue weighted by Crippen LogP contribution is -2.39. The highest BCUT2D eigenvalue weighted by Gasteiger charge is 2.31. The SMILES string of the molecule is C=C1CN[C@H](C(O)Nc2cccc(OC(F)(F)F)c2)C1. The number of hydrogen-bond donors (Lipinski definition) is 3. The fraction of sp³-hybridized carbons (Fsp3) is 0.385. The van der Waals surface area contributed by atoms with Crippen molar-refractivity contribution >= 4 is 5.69 Å². The molecule has 0 radical (unpaired) electrons. The summed E-state index contributed by atoms with van der Waals surface area (Å²) in [6, 6.07) is 5.13. The molecule has 2 atom stereocenters. The number of rotatable bonds is 4. The average molecular weight is 288 g/mol. The Bertz CT molecular complexity index is 491. The number of aliphatic hydroxyl groups is 1. The smallest absolute Gasteiger partial charge is 0.406 e. The van der Waals surface area contributed by atoms with Crippen molar-refractivity contribution in [3.05, 3.63) is 36.4 Å². The minimum Gasteiger partial charge on any atom is -0.406 e. The largest absolute Gasteiger partial charge is 0.573 e. The lowest BCUT2D eigenvalue weighted by Gasteiger charge is -2.21. The van der Waals surface area contributed by atoms with E-state index in [2.05, 4.69) is 21.9 Å². The van der Waals surface area contributed by atoms with Gasteiger partial charge < -0.3 is 20.5 Å². The molecular weight excluding hydrogens is 273 g/mol. The lowest BCUT2D eigenvalue weighted by molar-refractivity contribution is -0.274. The second-order valence-electron chi connectivity index (χ2n) is 4.61. The van der Waals surface area contributed by atoms with Gasteiger partial charge >= 0.3 is 6.36 Å². The summed E-state index contributed by atoms with van der Waals surface area (Å²) < 4.78 is 40.2. The molecule has 1 fully saturated rings. The van der Waals surface area contributed by atoms with Gasteiger partial charge in [-0.25, -0.2) is 0 Å². The molecule has 4 nitrogen and oxygen atoms in total. The maximum atomic E-state index is 12.1. The number of anilines is 1. The number of hydrogen-bond acceptors (Lipinski definition) is 4. The van der Waals surface area contributed by atoms with Crippen molar-refractivity contribution in [1.29, 1.82) is 0 Å². The van der Waals surface area contributed by atoms with Crippen LogP contribution in [0, 0.1) is 0 Å². The predicted molar refractivity (Wildman–Crippen MR) is 68.3 cm³/mol. The molecule has 0 amide bonds. The second-order valence-corrected chi connectivity index (χ2v) is 4.61. The van der Waals surface area contributed by atoms with E-state index in [1.165, 1.54) is 18.2 Å². The predicted octanol–water partition coefficient (Wildman–Crippen LogP) is 2.23. The van der Waals surface area contributed by atoms with Gasteiger partial charge in [-0.15, -0.1) is 13.2 Å². The van der Waals surface area contributed by atoms with Crippen LogP contribution in [0.15, 0.2) is 36.4 Å². The highest BCUT2D eigenvalue weighted by Crippen LogP contribution is 2.25. The Kier molecular flexibility index (Phi) is 4.20. The Morgan fingerprint density at radius 3 is 2.80 bits per heavy atom. The zero-order chi connectivity index (χ0) is 14.8. The molecule has 1 saturated heterocycles. The number of nitrogens with one attached hydrogen (secondary N) is 2. The van der Waals surface area contributed by atoms with E-state index in [4.69, 9.17) is 0 Å². The summed E-state index contributed by atoms with van der Waals surface area (Å²) in [5.41, 5.74) is 1.32. The molecule has 1 aromatic carbocycles. The Hall–Kier alpha value is -1.73. The third-order valence-corrected chi connectivity index (χ3v) is 2.89. The van der Waals surface area contributed by atoms with Gasteiger partial charge in [0.1, 0.15) is 12.0 Å². The van der Waals surface area contributed by atoms with Gasteiger partial charge in [0.2, 0.25) is 0 Å². The van der Waals surface area contributed by atoms with Gasteiger partial charge in [0, 0.05) is 18.3 Å². The van der Waals surface area contributed by atoms with Crippen LogP contribution in [0.3, 0.4) is 0 Å². The molecule has 20 heavy (non-hydrogen) atoms. The zero-order valence-corrected chi connectivity index (χ0v) is 10.6. The van der Waals surface area contributed by atoms with E-state index in [0.717, 1.165) is 5.57 Å². The first-order chi connectivity index (χ1) is 9.33. The van der Waals surface area contributed by atoms with Gasteiger partial charge in [-0.1, -0.05) is 18.2 Å². The second kappa shape index (κ2) is 5.72. The molecule has 0 aliphatic carbocycles. The molecule has 2 rings (SSSR count). The van der Waals surface area contributed by atoms with Crippen molar-refractivity contribution < 1.29 is 23.0 Å². The molecule has 3 N–H and O–H groups in total. The van der Waals surface area contributed by atoms with Crippen LogP contribution in [0.2, 0.25) is 0 Å². The van der Waals surface area contributed by atoms with Crippen molar-refractivity contribution in [2.45, 2.75) is 25.1 Å². The Balaban J connectivity index is 1.99. The number of aliphatic hydroxyl groups excluding tert-OH is 1. The Morgan fingerprint density at radius 1 is 1.45 bits per heavy atom. The molecular formula is C13H15F3N2O2. The molecule has 0 bridgehead atoms. The Morgan fingerprint density at radius 2 is 2.20 bits per heavy atom. The first-order valence-corrected chi connectivity index (χ1v) is 6.04. The lowest BCUT2D eigenvalue weighted by atomic mass is 10.1. The van der Waals surface area contributed by atoms with Crippen LogP contribution in [0.5, 0.6) is 5.75 Å². The van der Waals surface area contributed by atoms with Crippen LogP contribution in [0.1, 0.15) is 6.42 Å². The van der Waals surface area contributed by atoms with Gasteiger partial charge in [-0.2, -0.15) is 0 Å². The summed E-state index contributed by atoms with van der Waals surface area (Å²) in [6.45, 7) is 4.43. The molecule has 1 aliphatic rings. The van der Waals surface area contributed by atoms with Crippen LogP contribution in [-0.4, -0.2) is 30.3 Å². The van der Waals surface area contributed by atoms with Crippen LogP contribution in [0.25, 0.3) is 0 Å². The minimum absolute atomic E-state index is 0.213. The van der Waals surface area contributed by atoms with Crippen LogP contribution < -0.4 is 15.4 Å². The summed E-state index contributed by atoms with van der Waals surface area (Å²) in [4.78, 5) is 0. The van der Waals surface area contributed by atoms with E-state index in [-0.39, 0.29) is 11.8 Å². The van der Waals surface area contributed by atoms with Gasteiger partial charge in [0.15, 0.2) is 0 Å². The highest BCUT2D eigenvalue weighted by molar-refractivity contribution is 5.48. The third kappa shape index (κ3) is 4.14. The molecule has 0 aromatic heterocycles. The van der Waals surface area contributed by atoms with Gasteiger partial charge in [0.25, 0.3) is 0 Å². The summed E-state index contributed by atoms with van der Waals surface area (Å²) in [7, 11) is 0. The monoisotopic (exact) mass is 288 g/mol. The van der Waals surface area contributed by atoms with Gasteiger partial charge in [0.05, 0.1) is 6.04 Å². The molecule has 1 aliphatic heterocycles. The van der Waals surface area contributed by atoms with E-state index >= 15 is 0 Å². The molecule has 7 heteroatoms. The van der Waals surface area contributed by atoms with Gasteiger partial charge in [-0.3, -0.25) is 0 Å². The number of ether oxygens (including phenoxy) is 1. The Labute approximate surface area is 114 Å². The topological polar surface area (TPSA) is 53.5 Å². The summed E-state index contributed by atoms with van der Waals surface area (Å²) in [6.07, 6.45) is -5.04. The van der Waals surface area contributed by atoms with Crippen LogP contribution in [-0.2, 0) is 0 Å². The summed E-state index contributed by atoms with van der Waals surface area (Å²) in [5.74, 6) is -0.335. The average Bonchev–Trinajstić information content (AvgIpc) is 2.74. The first-order valence-electron chi connectivity index (χ1n) is 6.04. The van der Waals surface area contributed by atoms with E-state index in [0.29, 0.717) is 18.7 Å². The fourth-order valence-electron chi connectivity index (χ4n) is 2.01. The minimum atomic E-state index is -4.73. The first kappa shape index (κ1) is 14.7. The van der Waals surface area contributed by atoms with Crippen molar-refractivity contribution in [2.24, 2.45) is 0 Å². The molecule has 1 aromatic rings. The molecule has 1 heterocycles. The standard InChI is InChI=1S/C13H15F3N2O2/c1-8-5-11(17-7-8)12(19)18-9-3-2-4-10(6-9)20-13(14,15)16/h2-4,6,11-12,17-19H,1,5,7H2/t11-,12?/m0/s1. The molecule has 1 unspecified atom stereocenters.